The number of amides is 1. The van der Waals surface area contributed by atoms with Gasteiger partial charge in [0.1, 0.15) is 17.4 Å². The molecule has 0 saturated carbocycles. The Morgan fingerprint density at radius 1 is 1.13 bits per heavy atom. The van der Waals surface area contributed by atoms with E-state index in [2.05, 4.69) is 30.2 Å². The second-order valence-corrected chi connectivity index (χ2v) is 7.37. The molecule has 1 aliphatic rings. The summed E-state index contributed by atoms with van der Waals surface area (Å²) in [7, 11) is 1.89. The van der Waals surface area contributed by atoms with Crippen LogP contribution in [0.1, 0.15) is 12.7 Å². The van der Waals surface area contributed by atoms with Gasteiger partial charge in [-0.05, 0) is 38.1 Å². The van der Waals surface area contributed by atoms with E-state index in [1.807, 2.05) is 51.4 Å². The number of aryl methyl sites for hydroxylation is 2. The highest BCUT2D eigenvalue weighted by atomic mass is 16.5. The van der Waals surface area contributed by atoms with Crippen LogP contribution >= 0.6 is 0 Å². The molecular weight excluding hydrogens is 382 g/mol. The second-order valence-electron chi connectivity index (χ2n) is 7.37. The number of rotatable bonds is 6. The lowest BCUT2D eigenvalue weighted by atomic mass is 10.2. The van der Waals surface area contributed by atoms with Gasteiger partial charge in [0.2, 0.25) is 5.91 Å². The monoisotopic (exact) mass is 409 g/mol. The summed E-state index contributed by atoms with van der Waals surface area (Å²) in [5.74, 6) is 2.44. The van der Waals surface area contributed by atoms with Crippen molar-refractivity contribution >= 4 is 28.4 Å². The van der Waals surface area contributed by atoms with E-state index in [4.69, 9.17) is 4.74 Å². The quantitative estimate of drug-likeness (QED) is 0.664. The molecule has 0 radical (unpaired) electrons. The van der Waals surface area contributed by atoms with Crippen molar-refractivity contribution in [3.63, 3.8) is 0 Å². The zero-order chi connectivity index (χ0) is 21.1. The summed E-state index contributed by atoms with van der Waals surface area (Å²) >= 11 is 0. The maximum absolute atomic E-state index is 12.4. The molecular formula is C21H27N7O2. The molecule has 1 saturated heterocycles. The highest BCUT2D eigenvalue weighted by Crippen LogP contribution is 2.24. The van der Waals surface area contributed by atoms with Gasteiger partial charge in [-0.25, -0.2) is 9.97 Å². The van der Waals surface area contributed by atoms with Crippen molar-refractivity contribution < 1.29 is 9.53 Å². The molecule has 2 aromatic heterocycles. The minimum atomic E-state index is -0.0138. The Labute approximate surface area is 175 Å². The molecule has 1 aromatic carbocycles. The van der Waals surface area contributed by atoms with Crippen LogP contribution in [0.2, 0.25) is 0 Å². The van der Waals surface area contributed by atoms with Crippen molar-refractivity contribution in [3.8, 4) is 5.75 Å². The first-order valence-corrected chi connectivity index (χ1v) is 10.2. The molecule has 30 heavy (non-hydrogen) atoms. The van der Waals surface area contributed by atoms with Gasteiger partial charge in [-0.1, -0.05) is 0 Å². The van der Waals surface area contributed by atoms with Gasteiger partial charge >= 0.3 is 0 Å². The fourth-order valence-electron chi connectivity index (χ4n) is 3.68. The predicted molar refractivity (Wildman–Crippen MR) is 116 cm³/mol. The van der Waals surface area contributed by atoms with Gasteiger partial charge in [-0.15, -0.1) is 0 Å². The molecule has 1 fully saturated rings. The Kier molecular flexibility index (Phi) is 5.80. The average molecular weight is 409 g/mol. The van der Waals surface area contributed by atoms with E-state index in [-0.39, 0.29) is 5.91 Å². The van der Waals surface area contributed by atoms with E-state index in [9.17, 15) is 4.79 Å². The van der Waals surface area contributed by atoms with E-state index >= 15 is 0 Å². The van der Waals surface area contributed by atoms with Crippen LogP contribution in [-0.2, 0) is 11.8 Å². The fraction of sp³-hybridized carbons (Fsp3) is 0.429. The average Bonchev–Trinajstić information content (AvgIpc) is 3.10. The molecule has 4 rings (SSSR count). The molecule has 9 nitrogen and oxygen atoms in total. The Morgan fingerprint density at radius 3 is 2.57 bits per heavy atom. The van der Waals surface area contributed by atoms with Crippen molar-refractivity contribution in [1.29, 1.82) is 0 Å². The van der Waals surface area contributed by atoms with Crippen LogP contribution in [0, 0.1) is 6.92 Å². The number of nitrogens with one attached hydrogen (secondary N) is 1. The number of carbonyl (C=O) groups excluding carboxylic acids is 1. The topological polar surface area (TPSA) is 88.4 Å². The Bertz CT molecular complexity index is 1020. The number of piperazine rings is 1. The van der Waals surface area contributed by atoms with E-state index < -0.39 is 0 Å². The third kappa shape index (κ3) is 4.35. The van der Waals surface area contributed by atoms with Crippen molar-refractivity contribution in [2.75, 3.05) is 49.5 Å². The summed E-state index contributed by atoms with van der Waals surface area (Å²) in [6.45, 7) is 8.03. The number of ether oxygens (including phenoxy) is 1. The third-order valence-electron chi connectivity index (χ3n) is 5.17. The third-order valence-corrected chi connectivity index (χ3v) is 5.17. The Morgan fingerprint density at radius 2 is 1.87 bits per heavy atom. The van der Waals surface area contributed by atoms with Crippen molar-refractivity contribution in [2.24, 2.45) is 7.05 Å². The van der Waals surface area contributed by atoms with Crippen LogP contribution in [0.25, 0.3) is 11.0 Å². The summed E-state index contributed by atoms with van der Waals surface area (Å²) in [5, 5.41) is 8.24. The summed E-state index contributed by atoms with van der Waals surface area (Å²) in [5.41, 5.74) is 1.62. The van der Waals surface area contributed by atoms with E-state index in [1.54, 1.807) is 4.68 Å². The molecule has 3 heterocycles. The molecule has 0 spiro atoms. The molecule has 3 aromatic rings. The smallest absolute Gasteiger partial charge is 0.238 e. The number of benzene rings is 1. The van der Waals surface area contributed by atoms with Gasteiger partial charge in [0.15, 0.2) is 5.65 Å². The predicted octanol–water partition coefficient (Wildman–Crippen LogP) is 1.83. The highest BCUT2D eigenvalue weighted by Gasteiger charge is 2.23. The van der Waals surface area contributed by atoms with Crippen LogP contribution < -0.4 is 15.0 Å². The van der Waals surface area contributed by atoms with E-state index in [0.717, 1.165) is 60.3 Å². The number of carbonyl (C=O) groups is 1. The normalized spacial score (nSPS) is 14.8. The highest BCUT2D eigenvalue weighted by molar-refractivity contribution is 5.92. The van der Waals surface area contributed by atoms with Crippen LogP contribution in [0.4, 0.5) is 11.5 Å². The van der Waals surface area contributed by atoms with Gasteiger partial charge in [0, 0.05) is 38.9 Å². The van der Waals surface area contributed by atoms with E-state index in [1.165, 1.54) is 0 Å². The van der Waals surface area contributed by atoms with E-state index in [0.29, 0.717) is 13.2 Å². The van der Waals surface area contributed by atoms with Crippen molar-refractivity contribution in [3.05, 3.63) is 36.3 Å². The number of aromatic nitrogens is 4. The molecule has 1 N–H and O–H groups in total. The van der Waals surface area contributed by atoms with Crippen molar-refractivity contribution in [1.82, 2.24) is 24.6 Å². The molecule has 0 atom stereocenters. The zero-order valence-electron chi connectivity index (χ0n) is 17.6. The maximum atomic E-state index is 12.4. The van der Waals surface area contributed by atoms with Crippen LogP contribution in [0.5, 0.6) is 5.75 Å². The fourth-order valence-corrected chi connectivity index (χ4v) is 3.68. The lowest BCUT2D eigenvalue weighted by Crippen LogP contribution is -2.49. The molecule has 0 unspecified atom stereocenters. The second kappa shape index (κ2) is 8.66. The summed E-state index contributed by atoms with van der Waals surface area (Å²) in [4.78, 5) is 26.0. The summed E-state index contributed by atoms with van der Waals surface area (Å²) in [6, 6.07) is 7.44. The van der Waals surface area contributed by atoms with Gasteiger partial charge in [0.25, 0.3) is 0 Å². The lowest BCUT2D eigenvalue weighted by molar-refractivity contribution is -0.117. The Balaban J connectivity index is 1.33. The first-order chi connectivity index (χ1) is 14.5. The summed E-state index contributed by atoms with van der Waals surface area (Å²) in [6.07, 6.45) is 1.82. The van der Waals surface area contributed by atoms with Crippen LogP contribution in [-0.4, -0.2) is 69.9 Å². The van der Waals surface area contributed by atoms with Gasteiger partial charge in [-0.3, -0.25) is 14.4 Å². The standard InChI is InChI=1S/C21H27N7O2/c1-4-30-17-7-5-16(6-8-17)25-19(29)14-27-9-11-28(12-10-27)21-18-13-22-26(3)20(18)23-15(2)24-21/h5-8,13H,4,9-12,14H2,1-3H3,(H,25,29). The van der Waals surface area contributed by atoms with Crippen LogP contribution in [0.3, 0.4) is 0 Å². The SMILES string of the molecule is CCOc1ccc(NC(=O)CN2CCN(c3nc(C)nc4c3cnn4C)CC2)cc1. The van der Waals surface area contributed by atoms with Crippen molar-refractivity contribution in [2.45, 2.75) is 13.8 Å². The minimum absolute atomic E-state index is 0.0138. The minimum Gasteiger partial charge on any atom is -0.494 e. The molecule has 1 amide bonds. The summed E-state index contributed by atoms with van der Waals surface area (Å²) < 4.78 is 7.20. The lowest BCUT2D eigenvalue weighted by Gasteiger charge is -2.35. The zero-order valence-corrected chi connectivity index (χ0v) is 17.6. The first kappa shape index (κ1) is 20.1. The largest absolute Gasteiger partial charge is 0.494 e. The maximum Gasteiger partial charge on any atom is 0.238 e. The first-order valence-electron chi connectivity index (χ1n) is 10.2. The number of hydrogen-bond donors (Lipinski definition) is 1. The van der Waals surface area contributed by atoms with Gasteiger partial charge in [-0.2, -0.15) is 5.10 Å². The number of nitrogens with zero attached hydrogens (tertiary/aromatic N) is 6. The molecule has 0 aliphatic carbocycles. The number of hydrogen-bond acceptors (Lipinski definition) is 7. The molecule has 0 bridgehead atoms. The van der Waals surface area contributed by atoms with Gasteiger partial charge in [0.05, 0.1) is 24.7 Å². The Hall–Kier alpha value is -3.20. The van der Waals surface area contributed by atoms with Gasteiger partial charge < -0.3 is 15.0 Å². The molecule has 9 heteroatoms. The molecule has 158 valence electrons. The molecule has 1 aliphatic heterocycles. The number of anilines is 2. The number of fused-ring (bicyclic) bond motifs is 1. The van der Waals surface area contributed by atoms with Crippen LogP contribution in [0.15, 0.2) is 30.5 Å².